The Kier molecular flexibility index (Phi) is 4.91. The van der Waals surface area contributed by atoms with Crippen LogP contribution in [-0.2, 0) is 11.2 Å². The number of aromatic amines is 2. The van der Waals surface area contributed by atoms with Gasteiger partial charge >= 0.3 is 5.69 Å². The van der Waals surface area contributed by atoms with E-state index < -0.39 is 11.6 Å². The normalized spacial score (nSPS) is 15.4. The predicted octanol–water partition coefficient (Wildman–Crippen LogP) is 3.86. The summed E-state index contributed by atoms with van der Waals surface area (Å²) in [5.41, 5.74) is 4.86. The molecule has 1 aliphatic rings. The van der Waals surface area contributed by atoms with Gasteiger partial charge in [0.1, 0.15) is 5.92 Å². The molecule has 0 bridgehead atoms. The third kappa shape index (κ3) is 3.72. The second kappa shape index (κ2) is 8.03. The molecule has 0 saturated heterocycles. The Morgan fingerprint density at radius 3 is 2.31 bits per heavy atom. The molecule has 1 aliphatic heterocycles. The van der Waals surface area contributed by atoms with Crippen molar-refractivity contribution in [2.75, 3.05) is 5.32 Å². The number of aromatic nitrogens is 2. The zero-order chi connectivity index (χ0) is 22.1. The van der Waals surface area contributed by atoms with E-state index in [1.54, 1.807) is 0 Å². The summed E-state index contributed by atoms with van der Waals surface area (Å²) >= 11 is 0. The fraction of sp³-hybridized carbons (Fsp3) is 0.0800. The van der Waals surface area contributed by atoms with Crippen LogP contribution in [0.4, 0.5) is 11.4 Å². The number of amides is 1. The van der Waals surface area contributed by atoms with Crippen molar-refractivity contribution in [2.45, 2.75) is 12.3 Å². The number of rotatable bonds is 5. The third-order valence-electron chi connectivity index (χ3n) is 5.48. The van der Waals surface area contributed by atoms with E-state index in [0.29, 0.717) is 23.5 Å². The monoisotopic (exact) mass is 424 g/mol. The quantitative estimate of drug-likeness (QED) is 0.365. The number of carbonyl (C=O) groups excluding carboxylic acids is 1. The van der Waals surface area contributed by atoms with Crippen LogP contribution in [0.2, 0.25) is 0 Å². The molecule has 7 heteroatoms. The van der Waals surface area contributed by atoms with Gasteiger partial charge in [0.2, 0.25) is 11.8 Å². The van der Waals surface area contributed by atoms with Gasteiger partial charge in [-0.25, -0.2) is 4.79 Å². The van der Waals surface area contributed by atoms with Crippen LogP contribution in [0.25, 0.3) is 0 Å². The average Bonchev–Trinajstić information content (AvgIpc) is 3.30. The minimum atomic E-state index is -0.504. The van der Waals surface area contributed by atoms with Gasteiger partial charge in [-0.15, -0.1) is 0 Å². The molecule has 1 aromatic heterocycles. The van der Waals surface area contributed by atoms with Gasteiger partial charge in [0.15, 0.2) is 0 Å². The summed E-state index contributed by atoms with van der Waals surface area (Å²) in [6, 6.07) is 24.8. The Labute approximate surface area is 183 Å². The first kappa shape index (κ1) is 19.6. The summed E-state index contributed by atoms with van der Waals surface area (Å²) in [6.45, 7) is 0. The highest BCUT2D eigenvalue weighted by Crippen LogP contribution is 2.36. The van der Waals surface area contributed by atoms with Crippen LogP contribution in [0.15, 0.2) is 88.6 Å². The highest BCUT2D eigenvalue weighted by Gasteiger charge is 2.35. The summed E-state index contributed by atoms with van der Waals surface area (Å²) < 4.78 is 0. The molecule has 0 fully saturated rings. The van der Waals surface area contributed by atoms with E-state index in [4.69, 9.17) is 4.99 Å². The van der Waals surface area contributed by atoms with Gasteiger partial charge in [0.25, 0.3) is 0 Å². The molecule has 4 N–H and O–H groups in total. The standard InChI is InChI=1S/C25H20N4O3/c30-23-20(28-25(32)29-23)14-15-10-12-17(13-11-15)26-22(16-6-2-1-3-7-16)21-18-8-4-5-9-19(18)27-24(21)31/h1-13,21,30H,14H2,(H,27,31)(H2,28,29,32). The maximum Gasteiger partial charge on any atom is 0.325 e. The summed E-state index contributed by atoms with van der Waals surface area (Å²) in [5.74, 6) is -0.762. The number of anilines is 1. The number of hydrogen-bond donors (Lipinski definition) is 4. The molecule has 5 rings (SSSR count). The second-order valence-corrected chi connectivity index (χ2v) is 7.62. The maximum absolute atomic E-state index is 12.9. The molecule has 1 amide bonds. The molecule has 0 radical (unpaired) electrons. The fourth-order valence-electron chi connectivity index (χ4n) is 3.95. The largest absolute Gasteiger partial charge is 0.493 e. The number of aliphatic imine (C=N–C) groups is 1. The lowest BCUT2D eigenvalue weighted by atomic mass is 9.90. The van der Waals surface area contributed by atoms with Crippen molar-refractivity contribution < 1.29 is 9.90 Å². The number of nitrogens with zero attached hydrogens (tertiary/aromatic N) is 1. The minimum Gasteiger partial charge on any atom is -0.493 e. The van der Waals surface area contributed by atoms with Crippen molar-refractivity contribution in [3.05, 3.63) is 112 Å². The molecule has 2 heterocycles. The van der Waals surface area contributed by atoms with E-state index in [2.05, 4.69) is 15.3 Å². The molecule has 3 aromatic carbocycles. The number of H-pyrrole nitrogens is 2. The van der Waals surface area contributed by atoms with Gasteiger partial charge in [-0.2, -0.15) is 0 Å². The highest BCUT2D eigenvalue weighted by atomic mass is 16.3. The number of fused-ring (bicyclic) bond motifs is 1. The minimum absolute atomic E-state index is 0.0997. The Hall–Kier alpha value is -4.39. The van der Waals surface area contributed by atoms with E-state index in [0.717, 1.165) is 22.4 Å². The van der Waals surface area contributed by atoms with Crippen molar-refractivity contribution >= 4 is 23.0 Å². The smallest absolute Gasteiger partial charge is 0.325 e. The van der Waals surface area contributed by atoms with Crippen molar-refractivity contribution in [1.29, 1.82) is 0 Å². The van der Waals surface area contributed by atoms with Crippen LogP contribution in [0.3, 0.4) is 0 Å². The number of nitrogens with one attached hydrogen (secondary N) is 3. The fourth-order valence-corrected chi connectivity index (χ4v) is 3.95. The summed E-state index contributed by atoms with van der Waals surface area (Å²) in [6.07, 6.45) is 0.374. The topological polar surface area (TPSA) is 110 Å². The van der Waals surface area contributed by atoms with Gasteiger partial charge in [-0.05, 0) is 34.9 Å². The molecular weight excluding hydrogens is 404 g/mol. The molecule has 0 saturated carbocycles. The van der Waals surface area contributed by atoms with Crippen LogP contribution in [0, 0.1) is 0 Å². The molecule has 7 nitrogen and oxygen atoms in total. The number of aromatic hydroxyl groups is 1. The molecule has 0 aliphatic carbocycles. The Morgan fingerprint density at radius 1 is 0.875 bits per heavy atom. The van der Waals surface area contributed by atoms with E-state index >= 15 is 0 Å². The molecule has 32 heavy (non-hydrogen) atoms. The zero-order valence-electron chi connectivity index (χ0n) is 17.0. The van der Waals surface area contributed by atoms with Gasteiger partial charge in [-0.1, -0.05) is 60.7 Å². The van der Waals surface area contributed by atoms with Gasteiger partial charge in [-0.3, -0.25) is 14.8 Å². The van der Waals surface area contributed by atoms with Crippen molar-refractivity contribution in [2.24, 2.45) is 4.99 Å². The van der Waals surface area contributed by atoms with Gasteiger partial charge in [0.05, 0.1) is 17.1 Å². The lowest BCUT2D eigenvalue weighted by Crippen LogP contribution is -2.21. The second-order valence-electron chi connectivity index (χ2n) is 7.62. The van der Waals surface area contributed by atoms with E-state index in [1.165, 1.54) is 0 Å². The average molecular weight is 424 g/mol. The third-order valence-corrected chi connectivity index (χ3v) is 5.48. The number of imidazole rings is 1. The van der Waals surface area contributed by atoms with Crippen LogP contribution in [0.5, 0.6) is 5.88 Å². The Morgan fingerprint density at radius 2 is 1.59 bits per heavy atom. The summed E-state index contributed by atoms with van der Waals surface area (Å²) in [4.78, 5) is 34.0. The van der Waals surface area contributed by atoms with E-state index in [9.17, 15) is 14.7 Å². The molecule has 158 valence electrons. The first-order valence-electron chi connectivity index (χ1n) is 10.2. The number of benzene rings is 3. The molecule has 0 spiro atoms. The van der Waals surface area contributed by atoms with E-state index in [1.807, 2.05) is 78.9 Å². The van der Waals surface area contributed by atoms with Gasteiger partial charge in [0, 0.05) is 12.1 Å². The summed E-state index contributed by atoms with van der Waals surface area (Å²) in [5, 5.41) is 12.7. The molecular formula is C25H20N4O3. The summed E-state index contributed by atoms with van der Waals surface area (Å²) in [7, 11) is 0. The zero-order valence-corrected chi connectivity index (χ0v) is 17.0. The number of hydrogen-bond acceptors (Lipinski definition) is 4. The predicted molar refractivity (Wildman–Crippen MR) is 123 cm³/mol. The van der Waals surface area contributed by atoms with Crippen molar-refractivity contribution in [1.82, 2.24) is 9.97 Å². The van der Waals surface area contributed by atoms with Gasteiger partial charge < -0.3 is 15.4 Å². The lowest BCUT2D eigenvalue weighted by molar-refractivity contribution is -0.115. The first-order valence-corrected chi connectivity index (χ1v) is 10.2. The van der Waals surface area contributed by atoms with Crippen molar-refractivity contribution in [3.63, 3.8) is 0 Å². The Bertz CT molecular complexity index is 1370. The molecule has 4 aromatic rings. The molecule has 1 unspecified atom stereocenters. The van der Waals surface area contributed by atoms with Crippen LogP contribution in [0.1, 0.15) is 28.3 Å². The number of para-hydroxylation sites is 1. The number of carbonyl (C=O) groups is 1. The first-order chi connectivity index (χ1) is 15.6. The van der Waals surface area contributed by atoms with E-state index in [-0.39, 0.29) is 11.8 Å². The highest BCUT2D eigenvalue weighted by molar-refractivity contribution is 6.24. The van der Waals surface area contributed by atoms with Crippen molar-refractivity contribution in [3.8, 4) is 5.88 Å². The molecule has 1 atom stereocenters. The maximum atomic E-state index is 12.9. The Balaban J connectivity index is 1.51. The van der Waals surface area contributed by atoms with Crippen LogP contribution in [-0.4, -0.2) is 26.7 Å². The lowest BCUT2D eigenvalue weighted by Gasteiger charge is -2.14. The van der Waals surface area contributed by atoms with Crippen LogP contribution >= 0.6 is 0 Å². The SMILES string of the molecule is O=C1Nc2ccccc2C1C(=Nc1ccc(Cc2[nH]c(=O)[nH]c2O)cc1)c1ccccc1. The van der Waals surface area contributed by atoms with Crippen LogP contribution < -0.4 is 11.0 Å².